The molecule has 0 aromatic heterocycles. The first-order chi connectivity index (χ1) is 9.11. The normalized spacial score (nSPS) is 16.9. The van der Waals surface area contributed by atoms with Gasteiger partial charge in [0.1, 0.15) is 6.07 Å². The first-order valence-corrected chi connectivity index (χ1v) is 6.74. The van der Waals surface area contributed by atoms with E-state index in [1.807, 2.05) is 13.0 Å². The summed E-state index contributed by atoms with van der Waals surface area (Å²) in [6, 6.07) is 6.76. The first-order valence-electron chi connectivity index (χ1n) is 6.36. The molecular formula is C14H16ClN3O. The van der Waals surface area contributed by atoms with Crippen LogP contribution in [0.15, 0.2) is 18.2 Å². The molecule has 0 aliphatic carbocycles. The quantitative estimate of drug-likeness (QED) is 0.924. The van der Waals surface area contributed by atoms with Crippen molar-refractivity contribution in [3.63, 3.8) is 0 Å². The zero-order valence-corrected chi connectivity index (χ0v) is 11.6. The van der Waals surface area contributed by atoms with E-state index in [2.05, 4.69) is 10.2 Å². The molecule has 0 bridgehead atoms. The summed E-state index contributed by atoms with van der Waals surface area (Å²) in [5.74, 6) is -0.0392. The largest absolute Gasteiger partial charge is 0.325 e. The van der Waals surface area contributed by atoms with Crippen LogP contribution in [0.25, 0.3) is 0 Å². The first kappa shape index (κ1) is 13.9. The van der Waals surface area contributed by atoms with Gasteiger partial charge in [-0.25, -0.2) is 0 Å². The molecule has 2 rings (SSSR count). The Hall–Kier alpha value is -1.57. The molecule has 1 saturated heterocycles. The summed E-state index contributed by atoms with van der Waals surface area (Å²) in [7, 11) is 0. The molecule has 1 aliphatic heterocycles. The van der Waals surface area contributed by atoms with Crippen LogP contribution >= 0.6 is 11.6 Å². The number of carbonyl (C=O) groups excluding carboxylic acids is 1. The van der Waals surface area contributed by atoms with E-state index in [1.165, 1.54) is 0 Å². The Balaban J connectivity index is 2.02. The molecule has 4 nitrogen and oxygen atoms in total. The van der Waals surface area contributed by atoms with E-state index < -0.39 is 0 Å². The standard InChI is InChI=1S/C14H16ClN3O/c1-10(18-6-2-3-7-18)14(19)17-12-5-4-11(9-16)13(15)8-12/h4-5,8,10H,2-3,6-7H2,1H3,(H,17,19)/t10-/m0/s1. The Labute approximate surface area is 118 Å². The molecule has 0 saturated carbocycles. The number of benzene rings is 1. The molecule has 1 heterocycles. The predicted molar refractivity (Wildman–Crippen MR) is 75.1 cm³/mol. The molecule has 1 fully saturated rings. The number of carbonyl (C=O) groups is 1. The minimum Gasteiger partial charge on any atom is -0.325 e. The number of halogens is 1. The maximum absolute atomic E-state index is 12.1. The number of anilines is 1. The third kappa shape index (κ3) is 3.25. The fourth-order valence-corrected chi connectivity index (χ4v) is 2.45. The lowest BCUT2D eigenvalue weighted by Gasteiger charge is -2.22. The molecule has 1 aromatic rings. The number of nitrogens with zero attached hydrogens (tertiary/aromatic N) is 2. The Morgan fingerprint density at radius 3 is 2.74 bits per heavy atom. The zero-order chi connectivity index (χ0) is 13.8. The number of hydrogen-bond acceptors (Lipinski definition) is 3. The molecule has 1 aromatic carbocycles. The summed E-state index contributed by atoms with van der Waals surface area (Å²) in [6.45, 7) is 3.86. The minimum absolute atomic E-state index is 0.0392. The molecular weight excluding hydrogens is 262 g/mol. The van der Waals surface area contributed by atoms with Gasteiger partial charge < -0.3 is 5.32 Å². The van der Waals surface area contributed by atoms with Crippen molar-refractivity contribution in [3.05, 3.63) is 28.8 Å². The van der Waals surface area contributed by atoms with E-state index in [4.69, 9.17) is 16.9 Å². The van der Waals surface area contributed by atoms with E-state index in [0.29, 0.717) is 16.3 Å². The zero-order valence-electron chi connectivity index (χ0n) is 10.8. The van der Waals surface area contributed by atoms with Crippen molar-refractivity contribution < 1.29 is 4.79 Å². The second-order valence-electron chi connectivity index (χ2n) is 4.71. The van der Waals surface area contributed by atoms with Crippen LogP contribution in [-0.4, -0.2) is 29.9 Å². The van der Waals surface area contributed by atoms with Gasteiger partial charge in [0.15, 0.2) is 0 Å². The second-order valence-corrected chi connectivity index (χ2v) is 5.12. The molecule has 1 aliphatic rings. The molecule has 0 spiro atoms. The van der Waals surface area contributed by atoms with Crippen molar-refractivity contribution in [2.45, 2.75) is 25.8 Å². The lowest BCUT2D eigenvalue weighted by atomic mass is 10.2. The van der Waals surface area contributed by atoms with Gasteiger partial charge in [-0.05, 0) is 51.1 Å². The molecule has 5 heteroatoms. The van der Waals surface area contributed by atoms with E-state index in [9.17, 15) is 4.79 Å². The third-order valence-electron chi connectivity index (χ3n) is 3.42. The van der Waals surface area contributed by atoms with Crippen molar-refractivity contribution >= 4 is 23.2 Å². The van der Waals surface area contributed by atoms with E-state index in [0.717, 1.165) is 25.9 Å². The Morgan fingerprint density at radius 1 is 1.47 bits per heavy atom. The van der Waals surface area contributed by atoms with Gasteiger partial charge in [0, 0.05) is 5.69 Å². The van der Waals surface area contributed by atoms with Gasteiger partial charge in [-0.2, -0.15) is 5.26 Å². The summed E-state index contributed by atoms with van der Waals surface area (Å²) >= 11 is 5.94. The Bertz CT molecular complexity index is 518. The molecule has 1 N–H and O–H groups in total. The molecule has 1 amide bonds. The highest BCUT2D eigenvalue weighted by molar-refractivity contribution is 6.32. The highest BCUT2D eigenvalue weighted by atomic mass is 35.5. The van der Waals surface area contributed by atoms with Gasteiger partial charge in [-0.1, -0.05) is 11.6 Å². The fourth-order valence-electron chi connectivity index (χ4n) is 2.22. The number of amides is 1. The summed E-state index contributed by atoms with van der Waals surface area (Å²) in [6.07, 6.45) is 2.31. The summed E-state index contributed by atoms with van der Waals surface area (Å²) in [5, 5.41) is 12.0. The third-order valence-corrected chi connectivity index (χ3v) is 3.74. The summed E-state index contributed by atoms with van der Waals surface area (Å²) in [5.41, 5.74) is 1.03. The number of nitrogens with one attached hydrogen (secondary N) is 1. The van der Waals surface area contributed by atoms with Gasteiger partial charge >= 0.3 is 0 Å². The Morgan fingerprint density at radius 2 is 2.16 bits per heavy atom. The van der Waals surface area contributed by atoms with Crippen LogP contribution in [0.5, 0.6) is 0 Å². The number of hydrogen-bond donors (Lipinski definition) is 1. The molecule has 19 heavy (non-hydrogen) atoms. The van der Waals surface area contributed by atoms with Crippen molar-refractivity contribution in [2.75, 3.05) is 18.4 Å². The van der Waals surface area contributed by atoms with Crippen molar-refractivity contribution in [1.29, 1.82) is 5.26 Å². The van der Waals surface area contributed by atoms with Crippen LogP contribution in [-0.2, 0) is 4.79 Å². The maximum Gasteiger partial charge on any atom is 0.241 e. The van der Waals surface area contributed by atoms with Crippen molar-refractivity contribution in [1.82, 2.24) is 4.90 Å². The average molecular weight is 278 g/mol. The van der Waals surface area contributed by atoms with Crippen LogP contribution in [0.1, 0.15) is 25.3 Å². The monoisotopic (exact) mass is 277 g/mol. The van der Waals surface area contributed by atoms with Crippen LogP contribution in [0.3, 0.4) is 0 Å². The molecule has 0 radical (unpaired) electrons. The van der Waals surface area contributed by atoms with Gasteiger partial charge in [-0.15, -0.1) is 0 Å². The SMILES string of the molecule is C[C@@H](C(=O)Nc1ccc(C#N)c(Cl)c1)N1CCCC1. The smallest absolute Gasteiger partial charge is 0.241 e. The minimum atomic E-state index is -0.142. The van der Waals surface area contributed by atoms with Crippen molar-refractivity contribution in [3.8, 4) is 6.07 Å². The maximum atomic E-state index is 12.1. The Kier molecular flexibility index (Phi) is 4.41. The van der Waals surface area contributed by atoms with Crippen molar-refractivity contribution in [2.24, 2.45) is 0 Å². The molecule has 100 valence electrons. The number of nitriles is 1. The van der Waals surface area contributed by atoms with Crippen LogP contribution in [0.2, 0.25) is 5.02 Å². The highest BCUT2D eigenvalue weighted by Crippen LogP contribution is 2.21. The van der Waals surface area contributed by atoms with Gasteiger partial charge in [0.05, 0.1) is 16.6 Å². The molecule has 1 atom stereocenters. The molecule has 0 unspecified atom stereocenters. The summed E-state index contributed by atoms with van der Waals surface area (Å²) in [4.78, 5) is 14.3. The summed E-state index contributed by atoms with van der Waals surface area (Å²) < 4.78 is 0. The second kappa shape index (κ2) is 6.05. The van der Waals surface area contributed by atoms with Crippen LogP contribution < -0.4 is 5.32 Å². The lowest BCUT2D eigenvalue weighted by molar-refractivity contribution is -0.120. The lowest BCUT2D eigenvalue weighted by Crippen LogP contribution is -2.40. The van der Waals surface area contributed by atoms with E-state index in [-0.39, 0.29) is 11.9 Å². The van der Waals surface area contributed by atoms with E-state index >= 15 is 0 Å². The van der Waals surface area contributed by atoms with Gasteiger partial charge in [0.2, 0.25) is 5.91 Å². The van der Waals surface area contributed by atoms with Gasteiger partial charge in [0.25, 0.3) is 0 Å². The topological polar surface area (TPSA) is 56.1 Å². The highest BCUT2D eigenvalue weighted by Gasteiger charge is 2.23. The average Bonchev–Trinajstić information content (AvgIpc) is 2.92. The fraction of sp³-hybridized carbons (Fsp3) is 0.429. The predicted octanol–water partition coefficient (Wildman–Crippen LogP) is 2.63. The van der Waals surface area contributed by atoms with Gasteiger partial charge in [-0.3, -0.25) is 9.69 Å². The van der Waals surface area contributed by atoms with Crippen LogP contribution in [0.4, 0.5) is 5.69 Å². The number of likely N-dealkylation sites (tertiary alicyclic amines) is 1. The number of rotatable bonds is 3. The van der Waals surface area contributed by atoms with Crippen LogP contribution in [0, 0.1) is 11.3 Å². The van der Waals surface area contributed by atoms with E-state index in [1.54, 1.807) is 18.2 Å².